The summed E-state index contributed by atoms with van der Waals surface area (Å²) >= 11 is 1.91. The molecule has 1 saturated heterocycles. The van der Waals surface area contributed by atoms with E-state index in [1.807, 2.05) is 11.3 Å². The van der Waals surface area contributed by atoms with Crippen molar-refractivity contribution < 1.29 is 0 Å². The van der Waals surface area contributed by atoms with E-state index < -0.39 is 0 Å². The lowest BCUT2D eigenvalue weighted by molar-refractivity contribution is 0.279. The minimum Gasteiger partial charge on any atom is -0.316 e. The van der Waals surface area contributed by atoms with Crippen LogP contribution >= 0.6 is 11.3 Å². The lowest BCUT2D eigenvalue weighted by atomic mass is 9.94. The molecule has 1 aliphatic rings. The van der Waals surface area contributed by atoms with Gasteiger partial charge in [-0.1, -0.05) is 6.92 Å². The molecule has 0 radical (unpaired) electrons. The second-order valence-corrected chi connectivity index (χ2v) is 6.23. The molecule has 0 amide bonds. The summed E-state index contributed by atoms with van der Waals surface area (Å²) in [7, 11) is 0. The summed E-state index contributed by atoms with van der Waals surface area (Å²) in [5.74, 6) is 0.734. The van der Waals surface area contributed by atoms with E-state index in [-0.39, 0.29) is 0 Å². The molecular weight excluding hydrogens is 216 g/mol. The van der Waals surface area contributed by atoms with Gasteiger partial charge in [-0.2, -0.15) is 0 Å². The fraction of sp³-hybridized carbons (Fsp3) is 0.692. The van der Waals surface area contributed by atoms with E-state index in [9.17, 15) is 0 Å². The number of rotatable bonds is 3. The maximum Gasteiger partial charge on any atom is 0.0388 e. The topological polar surface area (TPSA) is 24.1 Å². The quantitative estimate of drug-likeness (QED) is 0.846. The molecule has 3 unspecified atom stereocenters. The number of hydrogen-bond acceptors (Lipinski definition) is 3. The van der Waals surface area contributed by atoms with Crippen LogP contribution in [0.4, 0.5) is 0 Å². The molecule has 0 saturated carbocycles. The van der Waals surface area contributed by atoms with Crippen LogP contribution in [0.1, 0.15) is 36.1 Å². The Bertz CT molecular complexity index is 334. The highest BCUT2D eigenvalue weighted by atomic mass is 32.1. The highest BCUT2D eigenvalue weighted by Gasteiger charge is 2.22. The molecule has 0 bridgehead atoms. The van der Waals surface area contributed by atoms with Gasteiger partial charge in [-0.05, 0) is 51.4 Å². The van der Waals surface area contributed by atoms with Crippen molar-refractivity contribution in [2.75, 3.05) is 13.1 Å². The maximum absolute atomic E-state index is 3.77. The molecule has 1 aromatic rings. The highest BCUT2D eigenvalue weighted by Crippen LogP contribution is 2.24. The molecule has 2 N–H and O–H groups in total. The van der Waals surface area contributed by atoms with Gasteiger partial charge in [0.15, 0.2) is 0 Å². The normalized spacial score (nSPS) is 27.9. The third-order valence-corrected chi connectivity index (χ3v) is 4.62. The molecule has 1 aromatic heterocycles. The van der Waals surface area contributed by atoms with Gasteiger partial charge in [-0.15, -0.1) is 11.3 Å². The number of hydrogen-bond donors (Lipinski definition) is 2. The lowest BCUT2D eigenvalue weighted by Gasteiger charge is -2.32. The SMILES string of the molecule is Cc1ccc(C(C)NC2CCNCC2C)s1. The molecule has 0 aliphatic carbocycles. The first-order valence-electron chi connectivity index (χ1n) is 6.20. The average molecular weight is 238 g/mol. The Balaban J connectivity index is 1.93. The van der Waals surface area contributed by atoms with Gasteiger partial charge in [-0.3, -0.25) is 0 Å². The van der Waals surface area contributed by atoms with Crippen LogP contribution in [0.25, 0.3) is 0 Å². The van der Waals surface area contributed by atoms with Crippen molar-refractivity contribution in [1.82, 2.24) is 10.6 Å². The molecule has 2 heterocycles. The van der Waals surface area contributed by atoms with Crippen molar-refractivity contribution in [2.45, 2.75) is 39.3 Å². The van der Waals surface area contributed by atoms with Gasteiger partial charge in [0.1, 0.15) is 0 Å². The monoisotopic (exact) mass is 238 g/mol. The molecule has 16 heavy (non-hydrogen) atoms. The summed E-state index contributed by atoms with van der Waals surface area (Å²) < 4.78 is 0. The fourth-order valence-electron chi connectivity index (χ4n) is 2.35. The second-order valence-electron chi connectivity index (χ2n) is 4.91. The standard InChI is InChI=1S/C13H22N2S/c1-9-8-14-7-6-12(9)15-11(3)13-5-4-10(2)16-13/h4-5,9,11-12,14-15H,6-8H2,1-3H3. The van der Waals surface area contributed by atoms with Crippen LogP contribution in [0.5, 0.6) is 0 Å². The number of nitrogens with one attached hydrogen (secondary N) is 2. The molecule has 3 heteroatoms. The zero-order valence-electron chi connectivity index (χ0n) is 10.4. The van der Waals surface area contributed by atoms with E-state index in [0.29, 0.717) is 12.1 Å². The number of thiophene rings is 1. The predicted molar refractivity (Wildman–Crippen MR) is 71.0 cm³/mol. The van der Waals surface area contributed by atoms with Crippen molar-refractivity contribution >= 4 is 11.3 Å². The third-order valence-electron chi connectivity index (χ3n) is 3.44. The van der Waals surface area contributed by atoms with E-state index in [2.05, 4.69) is 43.5 Å². The Kier molecular flexibility index (Phi) is 4.00. The molecule has 0 aromatic carbocycles. The first kappa shape index (κ1) is 12.1. The lowest BCUT2D eigenvalue weighted by Crippen LogP contribution is -2.46. The minimum atomic E-state index is 0.490. The smallest absolute Gasteiger partial charge is 0.0388 e. The summed E-state index contributed by atoms with van der Waals surface area (Å²) in [4.78, 5) is 2.87. The Hall–Kier alpha value is -0.380. The van der Waals surface area contributed by atoms with Crippen LogP contribution in [0, 0.1) is 12.8 Å². The first-order chi connectivity index (χ1) is 7.66. The van der Waals surface area contributed by atoms with Crippen LogP contribution in [0.2, 0.25) is 0 Å². The Morgan fingerprint density at radius 3 is 2.94 bits per heavy atom. The van der Waals surface area contributed by atoms with Crippen LogP contribution in [-0.2, 0) is 0 Å². The van der Waals surface area contributed by atoms with E-state index in [4.69, 9.17) is 0 Å². The van der Waals surface area contributed by atoms with Gasteiger partial charge in [-0.25, -0.2) is 0 Å². The largest absolute Gasteiger partial charge is 0.316 e. The zero-order chi connectivity index (χ0) is 11.5. The van der Waals surface area contributed by atoms with Gasteiger partial charge >= 0.3 is 0 Å². The summed E-state index contributed by atoms with van der Waals surface area (Å²) in [6, 6.07) is 5.62. The minimum absolute atomic E-state index is 0.490. The van der Waals surface area contributed by atoms with Crippen molar-refractivity contribution in [2.24, 2.45) is 5.92 Å². The first-order valence-corrected chi connectivity index (χ1v) is 7.01. The molecule has 2 rings (SSSR count). The van der Waals surface area contributed by atoms with E-state index >= 15 is 0 Å². The van der Waals surface area contributed by atoms with Gasteiger partial charge in [0.25, 0.3) is 0 Å². The molecule has 2 nitrogen and oxygen atoms in total. The highest BCUT2D eigenvalue weighted by molar-refractivity contribution is 7.12. The van der Waals surface area contributed by atoms with E-state index in [1.54, 1.807) is 0 Å². The van der Waals surface area contributed by atoms with Crippen molar-refractivity contribution in [3.63, 3.8) is 0 Å². The Labute approximate surface area is 102 Å². The van der Waals surface area contributed by atoms with Crippen molar-refractivity contribution in [3.8, 4) is 0 Å². The molecule has 0 spiro atoms. The number of piperidine rings is 1. The number of aryl methyl sites for hydroxylation is 1. The second kappa shape index (κ2) is 5.30. The predicted octanol–water partition coefficient (Wildman–Crippen LogP) is 2.71. The molecular formula is C13H22N2S. The van der Waals surface area contributed by atoms with Crippen molar-refractivity contribution in [3.05, 3.63) is 21.9 Å². The molecule has 3 atom stereocenters. The fourth-order valence-corrected chi connectivity index (χ4v) is 3.24. The average Bonchev–Trinajstić information content (AvgIpc) is 2.68. The van der Waals surface area contributed by atoms with Crippen LogP contribution in [0.3, 0.4) is 0 Å². The van der Waals surface area contributed by atoms with Crippen LogP contribution in [0.15, 0.2) is 12.1 Å². The third kappa shape index (κ3) is 2.84. The summed E-state index contributed by atoms with van der Waals surface area (Å²) in [6.45, 7) is 9.08. The molecule has 90 valence electrons. The van der Waals surface area contributed by atoms with Crippen LogP contribution in [-0.4, -0.2) is 19.1 Å². The summed E-state index contributed by atoms with van der Waals surface area (Å²) in [6.07, 6.45) is 1.25. The van der Waals surface area contributed by atoms with Gasteiger partial charge in [0.2, 0.25) is 0 Å². The van der Waals surface area contributed by atoms with Gasteiger partial charge < -0.3 is 10.6 Å². The van der Waals surface area contributed by atoms with E-state index in [1.165, 1.54) is 16.2 Å². The molecule has 1 fully saturated rings. The Morgan fingerprint density at radius 1 is 1.50 bits per heavy atom. The van der Waals surface area contributed by atoms with E-state index in [0.717, 1.165) is 19.0 Å². The van der Waals surface area contributed by atoms with Gasteiger partial charge in [0, 0.05) is 21.8 Å². The maximum atomic E-state index is 3.77. The van der Waals surface area contributed by atoms with Crippen LogP contribution < -0.4 is 10.6 Å². The zero-order valence-corrected chi connectivity index (χ0v) is 11.2. The summed E-state index contributed by atoms with van der Waals surface area (Å²) in [5.41, 5.74) is 0. The Morgan fingerprint density at radius 2 is 2.31 bits per heavy atom. The summed E-state index contributed by atoms with van der Waals surface area (Å²) in [5, 5.41) is 7.21. The van der Waals surface area contributed by atoms with Gasteiger partial charge in [0.05, 0.1) is 0 Å². The van der Waals surface area contributed by atoms with Crippen molar-refractivity contribution in [1.29, 1.82) is 0 Å². The molecule has 1 aliphatic heterocycles.